The number of aromatic hydroxyl groups is 1. The van der Waals surface area contributed by atoms with Gasteiger partial charge in [-0.15, -0.1) is 0 Å². The molecule has 0 amide bonds. The van der Waals surface area contributed by atoms with Crippen molar-refractivity contribution in [1.29, 1.82) is 0 Å². The lowest BCUT2D eigenvalue weighted by molar-refractivity contribution is 0.0883. The highest BCUT2D eigenvalue weighted by atomic mass is 16.5. The van der Waals surface area contributed by atoms with Gasteiger partial charge in [-0.05, 0) is 52.0 Å². The predicted molar refractivity (Wildman–Crippen MR) is 128 cm³/mol. The zero-order chi connectivity index (χ0) is 22.3. The molecule has 164 valence electrons. The van der Waals surface area contributed by atoms with E-state index >= 15 is 0 Å². The van der Waals surface area contributed by atoms with Gasteiger partial charge in [0.25, 0.3) is 0 Å². The van der Waals surface area contributed by atoms with Crippen LogP contribution in [0, 0.1) is 0 Å². The maximum absolute atomic E-state index is 9.56. The van der Waals surface area contributed by atoms with E-state index in [1.807, 2.05) is 18.2 Å². The molecule has 2 aliphatic rings. The van der Waals surface area contributed by atoms with Crippen molar-refractivity contribution in [3.63, 3.8) is 0 Å². The zero-order valence-electron chi connectivity index (χ0n) is 18.9. The predicted octanol–water partition coefficient (Wildman–Crippen LogP) is 5.97. The second-order valence-electron chi connectivity index (χ2n) is 9.71. The van der Waals surface area contributed by atoms with Gasteiger partial charge in [0.1, 0.15) is 30.6 Å². The molecule has 0 unspecified atom stereocenters. The molecule has 0 aliphatic carbocycles. The van der Waals surface area contributed by atoms with Crippen molar-refractivity contribution in [3.8, 4) is 17.2 Å². The van der Waals surface area contributed by atoms with Crippen LogP contribution in [0.2, 0.25) is 0 Å². The van der Waals surface area contributed by atoms with E-state index in [4.69, 9.17) is 9.47 Å². The fourth-order valence-electron chi connectivity index (χ4n) is 4.27. The molecule has 0 spiro atoms. The highest BCUT2D eigenvalue weighted by molar-refractivity contribution is 5.86. The van der Waals surface area contributed by atoms with E-state index in [1.54, 1.807) is 12.1 Å². The number of hydrogen-bond donors (Lipinski definition) is 1. The topological polar surface area (TPSA) is 41.9 Å². The normalized spacial score (nSPS) is 15.8. The minimum Gasteiger partial charge on any atom is -0.508 e. The van der Waals surface area contributed by atoms with Gasteiger partial charge in [0, 0.05) is 30.3 Å². The maximum Gasteiger partial charge on any atom is 0.142 e. The van der Waals surface area contributed by atoms with Crippen molar-refractivity contribution in [2.75, 3.05) is 13.3 Å². The molecule has 4 nitrogen and oxygen atoms in total. The molecular formula is C28H29NO3. The summed E-state index contributed by atoms with van der Waals surface area (Å²) >= 11 is 0. The van der Waals surface area contributed by atoms with Crippen LogP contribution in [0.3, 0.4) is 0 Å². The first kappa shape index (κ1) is 20.7. The number of phenols is 1. The summed E-state index contributed by atoms with van der Waals surface area (Å²) in [6, 6.07) is 20.4. The molecule has 1 N–H and O–H groups in total. The van der Waals surface area contributed by atoms with Crippen LogP contribution in [0.15, 0.2) is 60.7 Å². The average Bonchev–Trinajstić information content (AvgIpc) is 2.77. The Morgan fingerprint density at radius 3 is 2.38 bits per heavy atom. The van der Waals surface area contributed by atoms with Crippen molar-refractivity contribution in [3.05, 3.63) is 88.5 Å². The lowest BCUT2D eigenvalue weighted by Crippen LogP contribution is -2.31. The zero-order valence-corrected chi connectivity index (χ0v) is 18.9. The van der Waals surface area contributed by atoms with E-state index < -0.39 is 0 Å². The van der Waals surface area contributed by atoms with Crippen molar-refractivity contribution < 1.29 is 14.6 Å². The summed E-state index contributed by atoms with van der Waals surface area (Å²) in [7, 11) is 0. The Kier molecular flexibility index (Phi) is 5.18. The molecule has 32 heavy (non-hydrogen) atoms. The summed E-state index contributed by atoms with van der Waals surface area (Å²) in [5, 5.41) is 9.56. The number of benzene rings is 3. The van der Waals surface area contributed by atoms with Crippen LogP contribution >= 0.6 is 0 Å². The summed E-state index contributed by atoms with van der Waals surface area (Å²) in [6.07, 6.45) is 2.18. The first-order valence-corrected chi connectivity index (χ1v) is 11.1. The molecule has 0 bridgehead atoms. The van der Waals surface area contributed by atoms with Crippen molar-refractivity contribution in [2.45, 2.75) is 39.3 Å². The molecule has 0 aromatic heterocycles. The summed E-state index contributed by atoms with van der Waals surface area (Å²) in [6.45, 7) is 9.49. The Morgan fingerprint density at radius 2 is 1.66 bits per heavy atom. The fraction of sp³-hybridized carbons (Fsp3) is 0.286. The molecule has 0 saturated heterocycles. The van der Waals surface area contributed by atoms with Gasteiger partial charge in [-0.1, -0.05) is 57.2 Å². The summed E-state index contributed by atoms with van der Waals surface area (Å²) < 4.78 is 12.1. The van der Waals surface area contributed by atoms with Crippen molar-refractivity contribution >= 4 is 11.6 Å². The Balaban J connectivity index is 1.34. The van der Waals surface area contributed by atoms with Crippen LogP contribution in [0.5, 0.6) is 17.2 Å². The Labute approximate surface area is 189 Å². The van der Waals surface area contributed by atoms with Gasteiger partial charge >= 0.3 is 0 Å². The van der Waals surface area contributed by atoms with E-state index in [2.05, 4.69) is 62.1 Å². The van der Waals surface area contributed by atoms with Gasteiger partial charge in [-0.3, -0.25) is 4.90 Å². The molecule has 2 aliphatic heterocycles. The number of ether oxygens (including phenoxy) is 2. The van der Waals surface area contributed by atoms with Crippen LogP contribution < -0.4 is 9.47 Å². The van der Waals surface area contributed by atoms with Crippen LogP contribution in [0.4, 0.5) is 0 Å². The highest BCUT2D eigenvalue weighted by Crippen LogP contribution is 2.38. The van der Waals surface area contributed by atoms with Gasteiger partial charge in [-0.2, -0.15) is 0 Å². The number of rotatable bonds is 3. The largest absolute Gasteiger partial charge is 0.508 e. The fourth-order valence-corrected chi connectivity index (χ4v) is 4.27. The number of phenolic OH excluding ortho intramolecular Hbond substituents is 1. The molecular weight excluding hydrogens is 398 g/mol. The molecule has 4 heteroatoms. The van der Waals surface area contributed by atoms with Gasteiger partial charge in [-0.25, -0.2) is 0 Å². The lowest BCUT2D eigenvalue weighted by atomic mass is 9.87. The third-order valence-corrected chi connectivity index (χ3v) is 6.17. The maximum atomic E-state index is 9.56. The number of nitrogens with zero attached hydrogens (tertiary/aromatic N) is 1. The van der Waals surface area contributed by atoms with E-state index in [1.165, 1.54) is 16.7 Å². The van der Waals surface area contributed by atoms with Gasteiger partial charge in [0.15, 0.2) is 0 Å². The minimum atomic E-state index is 0.166. The van der Waals surface area contributed by atoms with Gasteiger partial charge < -0.3 is 14.6 Å². The van der Waals surface area contributed by atoms with Gasteiger partial charge in [0.05, 0.1) is 0 Å². The minimum absolute atomic E-state index is 0.166. The molecule has 0 radical (unpaired) electrons. The first-order valence-electron chi connectivity index (χ1n) is 11.1. The smallest absolute Gasteiger partial charge is 0.142 e. The van der Waals surface area contributed by atoms with Crippen LogP contribution in [-0.4, -0.2) is 23.3 Å². The molecule has 3 aromatic rings. The molecule has 2 heterocycles. The van der Waals surface area contributed by atoms with Crippen molar-refractivity contribution in [1.82, 2.24) is 4.90 Å². The van der Waals surface area contributed by atoms with Crippen LogP contribution in [0.25, 0.3) is 11.6 Å². The highest BCUT2D eigenvalue weighted by Gasteiger charge is 2.22. The first-order chi connectivity index (χ1) is 15.3. The number of fused-ring (bicyclic) bond motifs is 2. The Morgan fingerprint density at radius 1 is 0.906 bits per heavy atom. The Bertz CT molecular complexity index is 1160. The van der Waals surface area contributed by atoms with Gasteiger partial charge in [0.2, 0.25) is 0 Å². The third kappa shape index (κ3) is 4.23. The quantitative estimate of drug-likeness (QED) is 0.559. The second-order valence-corrected chi connectivity index (χ2v) is 9.71. The summed E-state index contributed by atoms with van der Waals surface area (Å²) in [5.74, 6) is 2.04. The van der Waals surface area contributed by atoms with Crippen molar-refractivity contribution in [2.24, 2.45) is 0 Å². The standard InChI is InChI=1S/C28H29NO3/c1-28(2,3)24-8-4-19(5-9-24)15-29-16-22-12-21-13-23(20-6-10-25(30)11-7-20)17-31-26(21)14-27(22)32-18-29/h4-14,30H,15-18H2,1-3H3. The Hall–Kier alpha value is -3.24. The molecule has 0 saturated carbocycles. The SMILES string of the molecule is CC(C)(C)c1ccc(CN2COc3cc4c(cc3C2)C=C(c2ccc(O)cc2)CO4)cc1. The summed E-state index contributed by atoms with van der Waals surface area (Å²) in [4.78, 5) is 2.31. The van der Waals surface area contributed by atoms with E-state index in [0.29, 0.717) is 13.3 Å². The van der Waals surface area contributed by atoms with E-state index in [-0.39, 0.29) is 11.2 Å². The molecule has 0 atom stereocenters. The average molecular weight is 428 g/mol. The third-order valence-electron chi connectivity index (χ3n) is 6.17. The van der Waals surface area contributed by atoms with Crippen LogP contribution in [0.1, 0.15) is 48.6 Å². The van der Waals surface area contributed by atoms with E-state index in [0.717, 1.165) is 41.3 Å². The number of hydrogen-bond acceptors (Lipinski definition) is 4. The second kappa shape index (κ2) is 8.03. The molecule has 3 aromatic carbocycles. The lowest BCUT2D eigenvalue weighted by Gasteiger charge is -2.30. The monoisotopic (exact) mass is 427 g/mol. The molecule has 5 rings (SSSR count). The summed E-state index contributed by atoms with van der Waals surface area (Å²) in [5.41, 5.74) is 7.21. The molecule has 0 fully saturated rings. The van der Waals surface area contributed by atoms with E-state index in [9.17, 15) is 5.11 Å². The van der Waals surface area contributed by atoms with Crippen LogP contribution in [-0.2, 0) is 18.5 Å².